The topological polar surface area (TPSA) is 93.8 Å². The monoisotopic (exact) mass is 443 g/mol. The Hall–Kier alpha value is -3.26. The molecule has 1 fully saturated rings. The molecule has 3 rings (SSSR count). The van der Waals surface area contributed by atoms with Gasteiger partial charge in [-0.3, -0.25) is 9.59 Å². The van der Waals surface area contributed by atoms with Crippen LogP contribution in [0.25, 0.3) is 0 Å². The Kier molecular flexibility index (Phi) is 7.36. The van der Waals surface area contributed by atoms with Crippen LogP contribution in [-0.4, -0.2) is 55.0 Å². The Morgan fingerprint density at radius 3 is 2.13 bits per heavy atom. The SMILES string of the molecule is CC(=O)Nc1ccc(NC(=O)[C@H](C)NC(=O)N2CCN(c3cccc(Cl)c3)CC2)cc1. The summed E-state index contributed by atoms with van der Waals surface area (Å²) < 4.78 is 0. The van der Waals surface area contributed by atoms with Crippen molar-refractivity contribution in [3.8, 4) is 0 Å². The average Bonchev–Trinajstić information content (AvgIpc) is 2.74. The first-order chi connectivity index (χ1) is 14.8. The van der Waals surface area contributed by atoms with Crippen LogP contribution in [0.15, 0.2) is 48.5 Å². The fourth-order valence-corrected chi connectivity index (χ4v) is 3.46. The maximum absolute atomic E-state index is 12.6. The van der Waals surface area contributed by atoms with Gasteiger partial charge in [0.2, 0.25) is 11.8 Å². The van der Waals surface area contributed by atoms with Crippen LogP contribution < -0.4 is 20.9 Å². The highest BCUT2D eigenvalue weighted by Gasteiger charge is 2.24. The third kappa shape index (κ3) is 6.36. The molecule has 0 bridgehead atoms. The van der Waals surface area contributed by atoms with Crippen molar-refractivity contribution in [2.24, 2.45) is 0 Å². The highest BCUT2D eigenvalue weighted by molar-refractivity contribution is 6.30. The lowest BCUT2D eigenvalue weighted by atomic mass is 10.2. The Morgan fingerprint density at radius 1 is 0.935 bits per heavy atom. The van der Waals surface area contributed by atoms with Crippen molar-refractivity contribution in [3.05, 3.63) is 53.6 Å². The van der Waals surface area contributed by atoms with Crippen LogP contribution in [0.4, 0.5) is 21.9 Å². The van der Waals surface area contributed by atoms with E-state index < -0.39 is 6.04 Å². The van der Waals surface area contributed by atoms with Gasteiger partial charge in [-0.25, -0.2) is 4.79 Å². The molecule has 0 unspecified atom stereocenters. The zero-order valence-electron chi connectivity index (χ0n) is 17.5. The number of halogens is 1. The van der Waals surface area contributed by atoms with Crippen LogP contribution in [0.3, 0.4) is 0 Å². The van der Waals surface area contributed by atoms with Crippen LogP contribution in [0.1, 0.15) is 13.8 Å². The highest BCUT2D eigenvalue weighted by atomic mass is 35.5. The summed E-state index contributed by atoms with van der Waals surface area (Å²) in [5.74, 6) is -0.486. The number of hydrogen-bond donors (Lipinski definition) is 3. The molecule has 2 aromatic carbocycles. The molecule has 31 heavy (non-hydrogen) atoms. The molecule has 1 atom stereocenters. The summed E-state index contributed by atoms with van der Waals surface area (Å²) in [6.07, 6.45) is 0. The van der Waals surface area contributed by atoms with Gasteiger partial charge in [-0.05, 0) is 49.4 Å². The molecule has 1 aliphatic rings. The molecule has 0 saturated carbocycles. The first-order valence-corrected chi connectivity index (χ1v) is 10.4. The van der Waals surface area contributed by atoms with Crippen molar-refractivity contribution < 1.29 is 14.4 Å². The summed E-state index contributed by atoms with van der Waals surface area (Å²) in [7, 11) is 0. The van der Waals surface area contributed by atoms with Gasteiger partial charge in [0.25, 0.3) is 0 Å². The second-order valence-electron chi connectivity index (χ2n) is 7.37. The van der Waals surface area contributed by atoms with Crippen molar-refractivity contribution in [3.63, 3.8) is 0 Å². The largest absolute Gasteiger partial charge is 0.368 e. The lowest BCUT2D eigenvalue weighted by Crippen LogP contribution is -2.54. The van der Waals surface area contributed by atoms with Gasteiger partial charge in [-0.15, -0.1) is 0 Å². The van der Waals surface area contributed by atoms with Gasteiger partial charge < -0.3 is 25.8 Å². The van der Waals surface area contributed by atoms with E-state index in [4.69, 9.17) is 11.6 Å². The third-order valence-electron chi connectivity index (χ3n) is 4.95. The lowest BCUT2D eigenvalue weighted by Gasteiger charge is -2.36. The minimum Gasteiger partial charge on any atom is -0.368 e. The number of carbonyl (C=O) groups excluding carboxylic acids is 3. The predicted octanol–water partition coefficient (Wildman–Crippen LogP) is 3.16. The number of hydrogen-bond acceptors (Lipinski definition) is 4. The first kappa shape index (κ1) is 22.4. The summed E-state index contributed by atoms with van der Waals surface area (Å²) in [5.41, 5.74) is 2.25. The number of carbonyl (C=O) groups is 3. The second kappa shape index (κ2) is 10.2. The lowest BCUT2D eigenvalue weighted by molar-refractivity contribution is -0.117. The fourth-order valence-electron chi connectivity index (χ4n) is 3.27. The average molecular weight is 444 g/mol. The number of nitrogens with zero attached hydrogens (tertiary/aromatic N) is 2. The van der Waals surface area contributed by atoms with Gasteiger partial charge in [0.1, 0.15) is 6.04 Å². The minimum absolute atomic E-state index is 0.165. The molecule has 0 aromatic heterocycles. The van der Waals surface area contributed by atoms with Gasteiger partial charge in [0.05, 0.1) is 0 Å². The maximum atomic E-state index is 12.6. The van der Waals surface area contributed by atoms with Gasteiger partial charge in [0.15, 0.2) is 0 Å². The Bertz CT molecular complexity index is 942. The quantitative estimate of drug-likeness (QED) is 0.661. The van der Waals surface area contributed by atoms with Crippen LogP contribution in [0, 0.1) is 0 Å². The van der Waals surface area contributed by atoms with Crippen LogP contribution in [0.2, 0.25) is 5.02 Å². The van der Waals surface area contributed by atoms with Crippen LogP contribution in [-0.2, 0) is 9.59 Å². The maximum Gasteiger partial charge on any atom is 0.318 e. The Balaban J connectivity index is 1.46. The molecule has 1 saturated heterocycles. The van der Waals surface area contributed by atoms with E-state index >= 15 is 0 Å². The molecular formula is C22H26ClN5O3. The number of rotatable bonds is 5. The van der Waals surface area contributed by atoms with Crippen molar-refractivity contribution in [1.29, 1.82) is 0 Å². The molecule has 164 valence electrons. The van der Waals surface area contributed by atoms with Gasteiger partial charge >= 0.3 is 6.03 Å². The van der Waals surface area contributed by atoms with Gasteiger partial charge in [-0.1, -0.05) is 17.7 Å². The van der Waals surface area contributed by atoms with Gasteiger partial charge in [0, 0.05) is 55.2 Å². The van der Waals surface area contributed by atoms with E-state index in [-0.39, 0.29) is 17.8 Å². The van der Waals surface area contributed by atoms with Crippen molar-refractivity contribution in [2.75, 3.05) is 41.7 Å². The van der Waals surface area contributed by atoms with Crippen molar-refractivity contribution in [2.45, 2.75) is 19.9 Å². The van der Waals surface area contributed by atoms with E-state index in [1.54, 1.807) is 36.1 Å². The molecule has 1 heterocycles. The van der Waals surface area contributed by atoms with Crippen molar-refractivity contribution >= 4 is 46.5 Å². The van der Waals surface area contributed by atoms with E-state index in [1.165, 1.54) is 6.92 Å². The number of nitrogens with one attached hydrogen (secondary N) is 3. The molecule has 1 aliphatic heterocycles. The Morgan fingerprint density at radius 2 is 1.55 bits per heavy atom. The third-order valence-corrected chi connectivity index (χ3v) is 5.18. The molecular weight excluding hydrogens is 418 g/mol. The van der Waals surface area contributed by atoms with E-state index in [1.807, 2.05) is 24.3 Å². The summed E-state index contributed by atoms with van der Waals surface area (Å²) in [6, 6.07) is 13.4. The van der Waals surface area contributed by atoms with Crippen LogP contribution in [0.5, 0.6) is 0 Å². The minimum atomic E-state index is -0.700. The molecule has 2 aromatic rings. The Labute approximate surface area is 186 Å². The van der Waals surface area contributed by atoms with E-state index in [9.17, 15) is 14.4 Å². The first-order valence-electron chi connectivity index (χ1n) is 10.1. The number of urea groups is 1. The second-order valence-corrected chi connectivity index (χ2v) is 7.81. The molecule has 0 spiro atoms. The van der Waals surface area contributed by atoms with Crippen LogP contribution >= 0.6 is 11.6 Å². The summed E-state index contributed by atoms with van der Waals surface area (Å²) in [6.45, 7) is 5.55. The predicted molar refractivity (Wildman–Crippen MR) is 123 cm³/mol. The fraction of sp³-hybridized carbons (Fsp3) is 0.318. The summed E-state index contributed by atoms with van der Waals surface area (Å²) in [5, 5.41) is 8.85. The zero-order valence-corrected chi connectivity index (χ0v) is 18.3. The van der Waals surface area contributed by atoms with E-state index in [2.05, 4.69) is 20.9 Å². The normalized spacial score (nSPS) is 14.5. The van der Waals surface area contributed by atoms with E-state index in [0.717, 1.165) is 5.69 Å². The molecule has 8 nitrogen and oxygen atoms in total. The van der Waals surface area contributed by atoms with E-state index in [0.29, 0.717) is 42.6 Å². The number of amides is 4. The molecule has 0 aliphatic carbocycles. The smallest absolute Gasteiger partial charge is 0.318 e. The zero-order chi connectivity index (χ0) is 22.4. The molecule has 3 N–H and O–H groups in total. The van der Waals surface area contributed by atoms with Crippen molar-refractivity contribution in [1.82, 2.24) is 10.2 Å². The summed E-state index contributed by atoms with van der Waals surface area (Å²) >= 11 is 6.06. The highest BCUT2D eigenvalue weighted by Crippen LogP contribution is 2.21. The molecule has 0 radical (unpaired) electrons. The molecule has 4 amide bonds. The standard InChI is InChI=1S/C22H26ClN5O3/c1-15(21(30)26-19-8-6-18(7-9-19)25-16(2)29)24-22(31)28-12-10-27(11-13-28)20-5-3-4-17(23)14-20/h3-9,14-15H,10-13H2,1-2H3,(H,24,31)(H,25,29)(H,26,30)/t15-/m0/s1. The number of anilines is 3. The molecule has 9 heteroatoms. The number of piperazine rings is 1. The van der Waals surface area contributed by atoms with Gasteiger partial charge in [-0.2, -0.15) is 0 Å². The number of benzene rings is 2. The summed E-state index contributed by atoms with van der Waals surface area (Å²) in [4.78, 5) is 39.9.